The molecule has 2 aromatic heterocycles. The van der Waals surface area contributed by atoms with Crippen LogP contribution in [0.3, 0.4) is 0 Å². The third-order valence-electron chi connectivity index (χ3n) is 9.10. The van der Waals surface area contributed by atoms with Gasteiger partial charge in [0.15, 0.2) is 0 Å². The number of hydrogen-bond acceptors (Lipinski definition) is 12. The van der Waals surface area contributed by atoms with Crippen molar-refractivity contribution in [2.75, 3.05) is 73.0 Å². The van der Waals surface area contributed by atoms with Crippen LogP contribution in [0.1, 0.15) is 58.7 Å². The van der Waals surface area contributed by atoms with Crippen molar-refractivity contribution in [2.24, 2.45) is 0 Å². The number of nitrogens with zero attached hydrogens (tertiary/aromatic N) is 6. The number of rotatable bonds is 10. The van der Waals surface area contributed by atoms with E-state index in [4.69, 9.17) is 9.47 Å². The van der Waals surface area contributed by atoms with Crippen LogP contribution < -0.4 is 20.4 Å². The molecule has 2 atom stereocenters. The molecule has 2 aromatic carbocycles. The lowest BCUT2D eigenvalue weighted by molar-refractivity contribution is -0.116. The van der Waals surface area contributed by atoms with Gasteiger partial charge in [0.1, 0.15) is 10.0 Å². The Balaban J connectivity index is 0.880. The maximum Gasteiger partial charge on any atom is 0.230 e. The maximum atomic E-state index is 12.8. The van der Waals surface area contributed by atoms with Crippen molar-refractivity contribution >= 4 is 56.1 Å². The SMILES string of the molecule is O=C(Cc1ccc(N2CCOCC2)cc1)Nc1nnc([C@H]2CCC[C@H](c3nnc(NC(=O)Cc4ccc(N5CCOCC5)cc4)s3)C2)s1. The minimum atomic E-state index is -0.105. The van der Waals surface area contributed by atoms with Crippen molar-refractivity contribution in [3.8, 4) is 0 Å². The zero-order valence-electron chi connectivity index (χ0n) is 26.8. The molecule has 3 aliphatic rings. The molecule has 2 saturated heterocycles. The number of nitrogens with one attached hydrogen (secondary N) is 2. The Morgan fingerprint density at radius 2 is 1.06 bits per heavy atom. The average Bonchev–Trinajstić information content (AvgIpc) is 3.80. The lowest BCUT2D eigenvalue weighted by Gasteiger charge is -2.28. The summed E-state index contributed by atoms with van der Waals surface area (Å²) < 4.78 is 10.9. The predicted octanol–water partition coefficient (Wildman–Crippen LogP) is 4.87. The van der Waals surface area contributed by atoms with Crippen molar-refractivity contribution in [1.29, 1.82) is 0 Å². The van der Waals surface area contributed by atoms with Crippen LogP contribution in [-0.4, -0.2) is 84.8 Å². The monoisotopic (exact) mass is 688 g/mol. The van der Waals surface area contributed by atoms with Gasteiger partial charge >= 0.3 is 0 Å². The van der Waals surface area contributed by atoms with E-state index in [0.717, 1.165) is 111 Å². The largest absolute Gasteiger partial charge is 0.378 e. The molecule has 7 rings (SSSR count). The molecule has 2 N–H and O–H groups in total. The third-order valence-corrected chi connectivity index (χ3v) is 11.1. The summed E-state index contributed by atoms with van der Waals surface area (Å²) in [6.07, 6.45) is 4.51. The Hall–Kier alpha value is -3.98. The molecule has 0 unspecified atom stereocenters. The van der Waals surface area contributed by atoms with E-state index in [1.54, 1.807) is 0 Å². The van der Waals surface area contributed by atoms with Crippen LogP contribution in [0.25, 0.3) is 0 Å². The molecule has 12 nitrogen and oxygen atoms in total. The fourth-order valence-corrected chi connectivity index (χ4v) is 8.34. The van der Waals surface area contributed by atoms with Crippen LogP contribution in [0.5, 0.6) is 0 Å². The van der Waals surface area contributed by atoms with Gasteiger partial charge in [-0.15, -0.1) is 20.4 Å². The van der Waals surface area contributed by atoms with E-state index in [1.807, 2.05) is 24.3 Å². The number of carbonyl (C=O) groups excluding carboxylic acids is 2. The van der Waals surface area contributed by atoms with Gasteiger partial charge in [0, 0.05) is 49.4 Å². The van der Waals surface area contributed by atoms with Gasteiger partial charge in [0.05, 0.1) is 39.3 Å². The van der Waals surface area contributed by atoms with Crippen LogP contribution in [0.2, 0.25) is 0 Å². The highest BCUT2D eigenvalue weighted by Crippen LogP contribution is 2.43. The van der Waals surface area contributed by atoms with Crippen LogP contribution in [-0.2, 0) is 31.9 Å². The molecular weight excluding hydrogens is 649 g/mol. The average molecular weight is 689 g/mol. The molecule has 48 heavy (non-hydrogen) atoms. The first-order valence-electron chi connectivity index (χ1n) is 16.7. The molecule has 1 aliphatic carbocycles. The molecule has 2 aliphatic heterocycles. The number of hydrogen-bond donors (Lipinski definition) is 2. The van der Waals surface area contributed by atoms with Crippen molar-refractivity contribution in [3.63, 3.8) is 0 Å². The van der Waals surface area contributed by atoms with Gasteiger partial charge in [-0.3, -0.25) is 9.59 Å². The van der Waals surface area contributed by atoms with Gasteiger partial charge in [-0.05, 0) is 54.7 Å². The van der Waals surface area contributed by atoms with Crippen molar-refractivity contribution in [1.82, 2.24) is 20.4 Å². The number of benzene rings is 2. The summed E-state index contributed by atoms with van der Waals surface area (Å²) >= 11 is 2.90. The minimum Gasteiger partial charge on any atom is -0.378 e. The Kier molecular flexibility index (Phi) is 10.5. The molecule has 0 bridgehead atoms. The second-order valence-electron chi connectivity index (χ2n) is 12.4. The number of aromatic nitrogens is 4. The van der Waals surface area contributed by atoms with Gasteiger partial charge in [0.25, 0.3) is 0 Å². The van der Waals surface area contributed by atoms with E-state index in [2.05, 4.69) is 65.1 Å². The van der Waals surface area contributed by atoms with Crippen LogP contribution in [0, 0.1) is 0 Å². The molecule has 2 amide bonds. The quantitative estimate of drug-likeness (QED) is 0.238. The molecule has 0 radical (unpaired) electrons. The fourth-order valence-electron chi connectivity index (χ4n) is 6.53. The van der Waals surface area contributed by atoms with Crippen molar-refractivity contribution in [2.45, 2.75) is 50.4 Å². The first kappa shape index (κ1) is 32.6. The molecular formula is C34H40N8O4S2. The van der Waals surface area contributed by atoms with E-state index in [1.165, 1.54) is 22.7 Å². The molecule has 4 aromatic rings. The van der Waals surface area contributed by atoms with E-state index in [9.17, 15) is 9.59 Å². The molecule has 4 heterocycles. The second-order valence-corrected chi connectivity index (χ2v) is 14.5. The summed E-state index contributed by atoms with van der Waals surface area (Å²) in [6, 6.07) is 16.3. The molecule has 14 heteroatoms. The number of carbonyl (C=O) groups is 2. The van der Waals surface area contributed by atoms with Gasteiger partial charge in [0.2, 0.25) is 22.1 Å². The zero-order valence-corrected chi connectivity index (χ0v) is 28.4. The van der Waals surface area contributed by atoms with E-state index >= 15 is 0 Å². The Morgan fingerprint density at radius 3 is 1.48 bits per heavy atom. The van der Waals surface area contributed by atoms with Crippen LogP contribution in [0.4, 0.5) is 21.6 Å². The molecule has 0 spiro atoms. The summed E-state index contributed by atoms with van der Waals surface area (Å²) in [5.41, 5.74) is 4.21. The smallest absolute Gasteiger partial charge is 0.230 e. The van der Waals surface area contributed by atoms with E-state index in [-0.39, 0.29) is 36.5 Å². The minimum absolute atomic E-state index is 0.105. The van der Waals surface area contributed by atoms with E-state index < -0.39 is 0 Å². The van der Waals surface area contributed by atoms with Crippen LogP contribution in [0.15, 0.2) is 48.5 Å². The third kappa shape index (κ3) is 8.35. The first-order valence-corrected chi connectivity index (χ1v) is 18.3. The maximum absolute atomic E-state index is 12.8. The Morgan fingerprint density at radius 1 is 0.646 bits per heavy atom. The number of anilines is 4. The first-order chi connectivity index (χ1) is 23.6. The Labute approximate surface area is 287 Å². The van der Waals surface area contributed by atoms with Gasteiger partial charge < -0.3 is 29.9 Å². The number of morpholine rings is 2. The normalized spacial score (nSPS) is 20.0. The zero-order chi connectivity index (χ0) is 32.7. The number of ether oxygens (including phenoxy) is 2. The lowest BCUT2D eigenvalue weighted by atomic mass is 9.82. The molecule has 1 saturated carbocycles. The standard InChI is InChI=1S/C34H40N8O4S2/c43-29(20-23-4-8-27(9-5-23)41-12-16-45-17-13-41)35-33-39-37-31(47-33)25-2-1-3-26(22-25)32-38-40-34(48-32)36-30(44)21-24-6-10-28(11-7-24)42-14-18-46-19-15-42/h4-11,25-26H,1-3,12-22H2,(H,35,39,43)(H,36,40,44)/t25-,26-/m0/s1. The fraction of sp³-hybridized carbons (Fsp3) is 0.471. The Bertz CT molecular complexity index is 1550. The number of amides is 2. The highest BCUT2D eigenvalue weighted by Gasteiger charge is 2.29. The summed E-state index contributed by atoms with van der Waals surface area (Å²) in [7, 11) is 0. The van der Waals surface area contributed by atoms with E-state index in [0.29, 0.717) is 10.3 Å². The summed E-state index contributed by atoms with van der Waals surface area (Å²) in [6.45, 7) is 6.50. The topological polar surface area (TPSA) is 135 Å². The molecule has 252 valence electrons. The summed E-state index contributed by atoms with van der Waals surface area (Å²) in [5.74, 6) is 0.266. The van der Waals surface area contributed by atoms with Crippen molar-refractivity contribution in [3.05, 3.63) is 69.7 Å². The van der Waals surface area contributed by atoms with Gasteiger partial charge in [-0.1, -0.05) is 53.4 Å². The predicted molar refractivity (Wildman–Crippen MR) is 187 cm³/mol. The second kappa shape index (κ2) is 15.5. The summed E-state index contributed by atoms with van der Waals surface area (Å²) in [5, 5.41) is 26.3. The van der Waals surface area contributed by atoms with Gasteiger partial charge in [-0.2, -0.15) is 0 Å². The van der Waals surface area contributed by atoms with Crippen LogP contribution >= 0.6 is 22.7 Å². The summed E-state index contributed by atoms with van der Waals surface area (Å²) in [4.78, 5) is 30.2. The molecule has 3 fully saturated rings. The van der Waals surface area contributed by atoms with Gasteiger partial charge in [-0.25, -0.2) is 0 Å². The lowest BCUT2D eigenvalue weighted by Crippen LogP contribution is -2.36. The highest BCUT2D eigenvalue weighted by atomic mass is 32.1. The van der Waals surface area contributed by atoms with Crippen molar-refractivity contribution < 1.29 is 19.1 Å². The highest BCUT2D eigenvalue weighted by molar-refractivity contribution is 7.15.